The minimum absolute atomic E-state index is 0.180. The monoisotopic (exact) mass is 237 g/mol. The average Bonchev–Trinajstić information content (AvgIpc) is 2.48. The maximum atomic E-state index is 12.0. The minimum Gasteiger partial charge on any atom is -0.338 e. The second kappa shape index (κ2) is 5.29. The molecule has 0 amide bonds. The Labute approximate surface area is 91.2 Å². The van der Waals surface area contributed by atoms with Crippen molar-refractivity contribution in [3.63, 3.8) is 0 Å². The smallest absolute Gasteiger partial charge is 0.338 e. The molecular formula is C9H14F3N3O. The summed E-state index contributed by atoms with van der Waals surface area (Å²) >= 11 is 0. The van der Waals surface area contributed by atoms with Gasteiger partial charge in [0.2, 0.25) is 5.89 Å². The van der Waals surface area contributed by atoms with E-state index in [1.807, 2.05) is 13.8 Å². The quantitative estimate of drug-likeness (QED) is 0.850. The van der Waals surface area contributed by atoms with Crippen LogP contribution in [0.3, 0.4) is 0 Å². The lowest BCUT2D eigenvalue weighted by Gasteiger charge is -2.03. The molecule has 16 heavy (non-hydrogen) atoms. The summed E-state index contributed by atoms with van der Waals surface area (Å²) in [7, 11) is 0. The van der Waals surface area contributed by atoms with Gasteiger partial charge < -0.3 is 9.84 Å². The summed E-state index contributed by atoms with van der Waals surface area (Å²) in [5.41, 5.74) is 0. The normalized spacial score (nSPS) is 12.4. The van der Waals surface area contributed by atoms with Gasteiger partial charge in [0.05, 0.1) is 6.54 Å². The first-order valence-corrected chi connectivity index (χ1v) is 4.96. The molecule has 0 saturated heterocycles. The number of halogens is 3. The Hall–Kier alpha value is -1.11. The first-order chi connectivity index (χ1) is 7.37. The van der Waals surface area contributed by atoms with Crippen molar-refractivity contribution < 1.29 is 17.7 Å². The van der Waals surface area contributed by atoms with E-state index in [0.29, 0.717) is 12.5 Å². The van der Waals surface area contributed by atoms with Gasteiger partial charge in [0.15, 0.2) is 5.82 Å². The minimum atomic E-state index is -4.30. The maximum absolute atomic E-state index is 12.0. The fraction of sp³-hybridized carbons (Fsp3) is 0.778. The van der Waals surface area contributed by atoms with Gasteiger partial charge in [0, 0.05) is 0 Å². The van der Waals surface area contributed by atoms with Crippen LogP contribution < -0.4 is 5.32 Å². The zero-order valence-electron chi connectivity index (χ0n) is 9.14. The number of aromatic nitrogens is 2. The van der Waals surface area contributed by atoms with Crippen molar-refractivity contribution in [2.24, 2.45) is 5.92 Å². The summed E-state index contributed by atoms with van der Waals surface area (Å²) in [4.78, 5) is 3.63. The van der Waals surface area contributed by atoms with E-state index in [1.54, 1.807) is 0 Å². The van der Waals surface area contributed by atoms with Gasteiger partial charge in [-0.1, -0.05) is 19.0 Å². The third-order valence-corrected chi connectivity index (χ3v) is 1.70. The Morgan fingerprint density at radius 2 is 2.06 bits per heavy atom. The summed E-state index contributed by atoms with van der Waals surface area (Å²) in [6.07, 6.45) is -5.45. The number of alkyl halides is 3. The first-order valence-electron chi connectivity index (χ1n) is 4.96. The molecular weight excluding hydrogens is 223 g/mol. The number of nitrogens with zero attached hydrogens (tertiary/aromatic N) is 2. The molecule has 0 aliphatic carbocycles. The van der Waals surface area contributed by atoms with Gasteiger partial charge in [0.25, 0.3) is 0 Å². The highest BCUT2D eigenvalue weighted by Gasteiger charge is 2.30. The van der Waals surface area contributed by atoms with E-state index in [1.165, 1.54) is 0 Å². The Kier molecular flexibility index (Phi) is 4.28. The highest BCUT2D eigenvalue weighted by molar-refractivity contribution is 4.88. The lowest BCUT2D eigenvalue weighted by molar-refractivity contribution is -0.128. The number of hydrogen-bond donors (Lipinski definition) is 1. The molecule has 7 heteroatoms. The zero-order chi connectivity index (χ0) is 12.2. The molecule has 0 aliphatic rings. The van der Waals surface area contributed by atoms with Crippen LogP contribution >= 0.6 is 0 Å². The van der Waals surface area contributed by atoms with Crippen LogP contribution in [0.1, 0.15) is 25.6 Å². The van der Waals surface area contributed by atoms with Crippen LogP contribution in [0.5, 0.6) is 0 Å². The summed E-state index contributed by atoms with van der Waals surface area (Å²) in [6.45, 7) is 5.09. The molecule has 0 bridgehead atoms. The largest absolute Gasteiger partial charge is 0.396 e. The van der Waals surface area contributed by atoms with Crippen molar-refractivity contribution in [2.45, 2.75) is 33.0 Å². The summed E-state index contributed by atoms with van der Waals surface area (Å²) in [5, 5.41) is 6.25. The highest BCUT2D eigenvalue weighted by Crippen LogP contribution is 2.19. The molecule has 0 unspecified atom stereocenters. The van der Waals surface area contributed by atoms with Crippen LogP contribution in [0.15, 0.2) is 4.52 Å². The van der Waals surface area contributed by atoms with Crippen molar-refractivity contribution in [2.75, 3.05) is 6.54 Å². The van der Waals surface area contributed by atoms with Crippen LogP contribution in [0, 0.1) is 5.92 Å². The predicted octanol–water partition coefficient (Wildman–Crippen LogP) is 1.92. The van der Waals surface area contributed by atoms with Crippen molar-refractivity contribution in [3.8, 4) is 0 Å². The third-order valence-electron chi connectivity index (χ3n) is 1.70. The van der Waals surface area contributed by atoms with Gasteiger partial charge in [-0.2, -0.15) is 18.2 Å². The van der Waals surface area contributed by atoms with Crippen molar-refractivity contribution in [3.05, 3.63) is 11.7 Å². The van der Waals surface area contributed by atoms with E-state index in [0.717, 1.165) is 6.54 Å². The van der Waals surface area contributed by atoms with Crippen LogP contribution in [-0.2, 0) is 13.0 Å². The lowest BCUT2D eigenvalue weighted by Crippen LogP contribution is -2.19. The molecule has 0 radical (unpaired) electrons. The van der Waals surface area contributed by atoms with Crippen molar-refractivity contribution in [1.29, 1.82) is 0 Å². The molecule has 1 aromatic rings. The standard InChI is InChI=1S/C9H14F3N3O/c1-6(2)4-13-5-8-14-7(15-16-8)3-9(10,11)12/h6,13H,3-5H2,1-2H3. The van der Waals surface area contributed by atoms with Crippen molar-refractivity contribution in [1.82, 2.24) is 15.5 Å². The average molecular weight is 237 g/mol. The molecule has 0 saturated carbocycles. The Morgan fingerprint density at radius 3 is 2.62 bits per heavy atom. The molecule has 1 N–H and O–H groups in total. The van der Waals surface area contributed by atoms with E-state index in [9.17, 15) is 13.2 Å². The summed E-state index contributed by atoms with van der Waals surface area (Å²) in [5.74, 6) is 0.311. The molecule has 0 aliphatic heterocycles. The van der Waals surface area contributed by atoms with E-state index in [4.69, 9.17) is 0 Å². The van der Waals surface area contributed by atoms with Gasteiger partial charge in [-0.15, -0.1) is 0 Å². The SMILES string of the molecule is CC(C)CNCc1nc(CC(F)(F)F)no1. The lowest BCUT2D eigenvalue weighted by atomic mass is 10.2. The molecule has 1 aromatic heterocycles. The van der Waals surface area contributed by atoms with Crippen LogP contribution in [0.2, 0.25) is 0 Å². The second-order valence-corrected chi connectivity index (χ2v) is 3.92. The molecule has 0 aromatic carbocycles. The topological polar surface area (TPSA) is 51.0 Å². The number of nitrogens with one attached hydrogen (secondary N) is 1. The molecule has 1 heterocycles. The van der Waals surface area contributed by atoms with Crippen molar-refractivity contribution >= 4 is 0 Å². The van der Waals surface area contributed by atoms with Gasteiger partial charge in [-0.05, 0) is 12.5 Å². The highest BCUT2D eigenvalue weighted by atomic mass is 19.4. The molecule has 92 valence electrons. The Bertz CT molecular complexity index is 322. The maximum Gasteiger partial charge on any atom is 0.396 e. The second-order valence-electron chi connectivity index (χ2n) is 3.92. The van der Waals surface area contributed by atoms with Crippen LogP contribution in [0.4, 0.5) is 13.2 Å². The molecule has 4 nitrogen and oxygen atoms in total. The van der Waals surface area contributed by atoms with E-state index in [2.05, 4.69) is 20.0 Å². The number of rotatable bonds is 5. The Balaban J connectivity index is 2.40. The van der Waals surface area contributed by atoms with E-state index in [-0.39, 0.29) is 11.7 Å². The number of hydrogen-bond acceptors (Lipinski definition) is 4. The summed E-state index contributed by atoms with van der Waals surface area (Å²) in [6, 6.07) is 0. The van der Waals surface area contributed by atoms with Crippen LogP contribution in [0.25, 0.3) is 0 Å². The van der Waals surface area contributed by atoms with E-state index >= 15 is 0 Å². The molecule has 0 fully saturated rings. The molecule has 0 atom stereocenters. The molecule has 1 rings (SSSR count). The van der Waals surface area contributed by atoms with Gasteiger partial charge >= 0.3 is 6.18 Å². The van der Waals surface area contributed by atoms with E-state index < -0.39 is 12.6 Å². The van der Waals surface area contributed by atoms with Crippen LogP contribution in [-0.4, -0.2) is 22.9 Å². The fourth-order valence-corrected chi connectivity index (χ4v) is 1.08. The van der Waals surface area contributed by atoms with Gasteiger partial charge in [0.1, 0.15) is 6.42 Å². The summed E-state index contributed by atoms with van der Waals surface area (Å²) < 4.78 is 40.6. The Morgan fingerprint density at radius 1 is 1.38 bits per heavy atom. The molecule has 0 spiro atoms. The third kappa shape index (κ3) is 5.11. The predicted molar refractivity (Wildman–Crippen MR) is 50.6 cm³/mol. The van der Waals surface area contributed by atoms with Gasteiger partial charge in [-0.25, -0.2) is 0 Å². The van der Waals surface area contributed by atoms with Gasteiger partial charge in [-0.3, -0.25) is 0 Å². The zero-order valence-corrected chi connectivity index (χ0v) is 9.14. The first kappa shape index (κ1) is 13.0. The fourth-order valence-electron chi connectivity index (χ4n) is 1.08.